The average molecular weight is 393 g/mol. The van der Waals surface area contributed by atoms with Gasteiger partial charge in [-0.2, -0.15) is 0 Å². The summed E-state index contributed by atoms with van der Waals surface area (Å²) in [7, 11) is 1.32. The quantitative estimate of drug-likeness (QED) is 0.700. The van der Waals surface area contributed by atoms with Crippen LogP contribution in [0.15, 0.2) is 53.0 Å². The molecule has 5 nitrogen and oxygen atoms in total. The van der Waals surface area contributed by atoms with E-state index in [4.69, 9.17) is 9.47 Å². The highest BCUT2D eigenvalue weighted by molar-refractivity contribution is 9.10. The molecule has 0 unspecified atom stereocenters. The number of halogens is 1. The van der Waals surface area contributed by atoms with Crippen molar-refractivity contribution >= 4 is 27.9 Å². The highest BCUT2D eigenvalue weighted by atomic mass is 79.9. The van der Waals surface area contributed by atoms with E-state index in [9.17, 15) is 9.59 Å². The minimum Gasteiger partial charge on any atom is -0.479 e. The molecule has 0 N–H and O–H groups in total. The van der Waals surface area contributed by atoms with Crippen LogP contribution in [0.3, 0.4) is 0 Å². The van der Waals surface area contributed by atoms with Crippen molar-refractivity contribution in [3.05, 3.63) is 64.1 Å². The van der Waals surface area contributed by atoms with Gasteiger partial charge in [0, 0.05) is 4.47 Å². The Labute approximate surface area is 148 Å². The molecule has 0 aliphatic carbocycles. The van der Waals surface area contributed by atoms with Gasteiger partial charge in [-0.15, -0.1) is 0 Å². The summed E-state index contributed by atoms with van der Waals surface area (Å²) in [5.74, 6) is -0.282. The van der Waals surface area contributed by atoms with Crippen LogP contribution < -0.4 is 4.74 Å². The summed E-state index contributed by atoms with van der Waals surface area (Å²) in [5.41, 5.74) is 1.21. The van der Waals surface area contributed by atoms with Gasteiger partial charge in [0.1, 0.15) is 12.4 Å². The van der Waals surface area contributed by atoms with Gasteiger partial charge in [-0.3, -0.25) is 0 Å². The SMILES string of the molecule is COC(=O)c1ccc(COC(=O)[C@H](C)Oc2ccc(Br)cc2)cc1. The van der Waals surface area contributed by atoms with Gasteiger partial charge in [0.15, 0.2) is 6.10 Å². The number of hydrogen-bond donors (Lipinski definition) is 0. The van der Waals surface area contributed by atoms with E-state index in [1.165, 1.54) is 7.11 Å². The molecule has 0 aliphatic rings. The number of ether oxygens (including phenoxy) is 3. The predicted molar refractivity (Wildman–Crippen MR) is 91.8 cm³/mol. The monoisotopic (exact) mass is 392 g/mol. The van der Waals surface area contributed by atoms with Crippen molar-refractivity contribution < 1.29 is 23.8 Å². The Morgan fingerprint density at radius 1 is 1.04 bits per heavy atom. The van der Waals surface area contributed by atoms with Gasteiger partial charge in [0.05, 0.1) is 12.7 Å². The third kappa shape index (κ3) is 5.09. The van der Waals surface area contributed by atoms with E-state index >= 15 is 0 Å². The molecular weight excluding hydrogens is 376 g/mol. The third-order valence-electron chi connectivity index (χ3n) is 3.21. The fourth-order valence-corrected chi connectivity index (χ4v) is 2.16. The highest BCUT2D eigenvalue weighted by Crippen LogP contribution is 2.17. The molecule has 0 saturated heterocycles. The predicted octanol–water partition coefficient (Wildman–Crippen LogP) is 3.75. The van der Waals surface area contributed by atoms with Crippen LogP contribution in [0.4, 0.5) is 0 Å². The summed E-state index contributed by atoms with van der Waals surface area (Å²) in [6.07, 6.45) is -0.722. The molecule has 24 heavy (non-hydrogen) atoms. The van der Waals surface area contributed by atoms with Crippen molar-refractivity contribution in [1.82, 2.24) is 0 Å². The van der Waals surface area contributed by atoms with Gasteiger partial charge < -0.3 is 14.2 Å². The van der Waals surface area contributed by atoms with Crippen molar-refractivity contribution in [3.8, 4) is 5.75 Å². The van der Waals surface area contributed by atoms with E-state index in [1.807, 2.05) is 12.1 Å². The van der Waals surface area contributed by atoms with Gasteiger partial charge in [-0.25, -0.2) is 9.59 Å². The largest absolute Gasteiger partial charge is 0.479 e. The first-order valence-corrected chi connectivity index (χ1v) is 8.05. The minimum atomic E-state index is -0.722. The van der Waals surface area contributed by atoms with E-state index in [2.05, 4.69) is 20.7 Å². The first-order chi connectivity index (χ1) is 11.5. The van der Waals surface area contributed by atoms with Gasteiger partial charge in [0.2, 0.25) is 0 Å². The summed E-state index contributed by atoms with van der Waals surface area (Å²) in [6.45, 7) is 1.74. The first-order valence-electron chi connectivity index (χ1n) is 7.25. The number of esters is 2. The van der Waals surface area contributed by atoms with Crippen LogP contribution in [0.1, 0.15) is 22.8 Å². The second kappa shape index (κ2) is 8.49. The zero-order chi connectivity index (χ0) is 17.5. The average Bonchev–Trinajstić information content (AvgIpc) is 2.61. The maximum atomic E-state index is 12.0. The Hall–Kier alpha value is -2.34. The number of carbonyl (C=O) groups is 2. The van der Waals surface area contributed by atoms with Gasteiger partial charge >= 0.3 is 11.9 Å². The highest BCUT2D eigenvalue weighted by Gasteiger charge is 2.16. The van der Waals surface area contributed by atoms with Crippen LogP contribution in [0.25, 0.3) is 0 Å². The zero-order valence-corrected chi connectivity index (χ0v) is 14.9. The molecule has 2 aromatic carbocycles. The topological polar surface area (TPSA) is 61.8 Å². The molecule has 0 bridgehead atoms. The summed E-state index contributed by atoms with van der Waals surface area (Å²) >= 11 is 3.33. The lowest BCUT2D eigenvalue weighted by Crippen LogP contribution is -2.26. The van der Waals surface area contributed by atoms with Crippen LogP contribution in [-0.4, -0.2) is 25.2 Å². The molecule has 0 aliphatic heterocycles. The fraction of sp³-hybridized carbons (Fsp3) is 0.222. The lowest BCUT2D eigenvalue weighted by molar-refractivity contribution is -0.152. The van der Waals surface area contributed by atoms with Crippen molar-refractivity contribution in [2.45, 2.75) is 19.6 Å². The van der Waals surface area contributed by atoms with E-state index in [-0.39, 0.29) is 6.61 Å². The molecule has 0 fully saturated rings. The summed E-state index contributed by atoms with van der Waals surface area (Å²) in [4.78, 5) is 23.3. The lowest BCUT2D eigenvalue weighted by Gasteiger charge is -2.14. The Kier molecular flexibility index (Phi) is 6.37. The van der Waals surface area contributed by atoms with Crippen LogP contribution in [0.2, 0.25) is 0 Å². The Balaban J connectivity index is 1.85. The zero-order valence-electron chi connectivity index (χ0n) is 13.3. The molecule has 2 aromatic rings. The molecule has 6 heteroatoms. The van der Waals surface area contributed by atoms with E-state index < -0.39 is 18.0 Å². The van der Waals surface area contributed by atoms with Gasteiger partial charge in [0.25, 0.3) is 0 Å². The van der Waals surface area contributed by atoms with Crippen LogP contribution in [-0.2, 0) is 20.9 Å². The molecule has 126 valence electrons. The number of hydrogen-bond acceptors (Lipinski definition) is 5. The second-order valence-corrected chi connectivity index (χ2v) is 5.93. The molecule has 1 atom stereocenters. The lowest BCUT2D eigenvalue weighted by atomic mass is 10.1. The van der Waals surface area contributed by atoms with E-state index in [0.717, 1.165) is 10.0 Å². The molecule has 2 rings (SSSR count). The normalized spacial score (nSPS) is 11.5. The molecule has 0 amide bonds. The third-order valence-corrected chi connectivity index (χ3v) is 3.74. The molecular formula is C18H17BrO5. The summed E-state index contributed by atoms with van der Waals surface area (Å²) in [5, 5.41) is 0. The maximum Gasteiger partial charge on any atom is 0.347 e. The van der Waals surface area contributed by atoms with Crippen molar-refractivity contribution in [2.75, 3.05) is 7.11 Å². The number of benzene rings is 2. The first kappa shape index (κ1) is 18.0. The van der Waals surface area contributed by atoms with Crippen LogP contribution in [0, 0.1) is 0 Å². The fourth-order valence-electron chi connectivity index (χ4n) is 1.89. The number of methoxy groups -OCH3 is 1. The standard InChI is InChI=1S/C18H17BrO5/c1-12(24-16-9-7-15(19)8-10-16)17(20)23-11-13-3-5-14(6-4-13)18(21)22-2/h3-10,12H,11H2,1-2H3/t12-/m0/s1. The number of rotatable bonds is 6. The molecule has 0 aromatic heterocycles. The summed E-state index contributed by atoms with van der Waals surface area (Å²) in [6, 6.07) is 13.8. The molecule has 0 saturated carbocycles. The Morgan fingerprint density at radius 3 is 2.25 bits per heavy atom. The molecule has 0 radical (unpaired) electrons. The maximum absolute atomic E-state index is 12.0. The Morgan fingerprint density at radius 2 is 1.67 bits per heavy atom. The van der Waals surface area contributed by atoms with Crippen LogP contribution >= 0.6 is 15.9 Å². The molecule has 0 spiro atoms. The summed E-state index contributed by atoms with van der Waals surface area (Å²) < 4.78 is 16.3. The number of carbonyl (C=O) groups excluding carboxylic acids is 2. The van der Waals surface area contributed by atoms with Crippen molar-refractivity contribution in [2.24, 2.45) is 0 Å². The molecule has 0 heterocycles. The van der Waals surface area contributed by atoms with E-state index in [0.29, 0.717) is 11.3 Å². The second-order valence-electron chi connectivity index (χ2n) is 5.01. The minimum absolute atomic E-state index is 0.105. The van der Waals surface area contributed by atoms with Gasteiger partial charge in [-0.1, -0.05) is 28.1 Å². The Bertz CT molecular complexity index is 694. The van der Waals surface area contributed by atoms with E-state index in [1.54, 1.807) is 43.3 Å². The van der Waals surface area contributed by atoms with Crippen molar-refractivity contribution in [3.63, 3.8) is 0 Å². The van der Waals surface area contributed by atoms with Crippen molar-refractivity contribution in [1.29, 1.82) is 0 Å². The van der Waals surface area contributed by atoms with Gasteiger partial charge in [-0.05, 0) is 48.9 Å². The van der Waals surface area contributed by atoms with Crippen LogP contribution in [0.5, 0.6) is 5.75 Å². The smallest absolute Gasteiger partial charge is 0.347 e.